The van der Waals surface area contributed by atoms with Gasteiger partial charge in [-0.2, -0.15) is 0 Å². The van der Waals surface area contributed by atoms with Crippen LogP contribution in [0.3, 0.4) is 0 Å². The van der Waals surface area contributed by atoms with Gasteiger partial charge in [-0.3, -0.25) is 4.72 Å². The van der Waals surface area contributed by atoms with Crippen LogP contribution < -0.4 is 9.46 Å². The van der Waals surface area contributed by atoms with Gasteiger partial charge in [-0.25, -0.2) is 12.8 Å². The van der Waals surface area contributed by atoms with Crippen LogP contribution in [0.1, 0.15) is 0 Å². The molecule has 1 rings (SSSR count). The summed E-state index contributed by atoms with van der Waals surface area (Å²) in [6.45, 7) is -0.527. The highest BCUT2D eigenvalue weighted by Gasteiger charge is 2.13. The van der Waals surface area contributed by atoms with E-state index < -0.39 is 28.2 Å². The molecule has 0 saturated heterocycles. The number of rotatable bonds is 5. The summed E-state index contributed by atoms with van der Waals surface area (Å²) in [5, 5.41) is 8.51. The molecule has 0 atom stereocenters. The minimum atomic E-state index is -3.73. The smallest absolute Gasteiger partial charge is 0.235 e. The SMILES string of the molecule is COc1ccc(F)c(NS(=O)(=O)CCO)c1. The van der Waals surface area contributed by atoms with Crippen LogP contribution in [0.4, 0.5) is 10.1 Å². The number of methoxy groups -OCH3 is 1. The van der Waals surface area contributed by atoms with Gasteiger partial charge in [0.15, 0.2) is 0 Å². The Morgan fingerprint density at radius 1 is 1.50 bits per heavy atom. The first-order valence-electron chi connectivity index (χ1n) is 4.43. The largest absolute Gasteiger partial charge is 0.497 e. The van der Waals surface area contributed by atoms with E-state index >= 15 is 0 Å². The summed E-state index contributed by atoms with van der Waals surface area (Å²) in [6, 6.07) is 3.69. The first-order valence-corrected chi connectivity index (χ1v) is 6.08. The molecule has 0 radical (unpaired) electrons. The summed E-state index contributed by atoms with van der Waals surface area (Å²) in [5.41, 5.74) is -0.201. The molecule has 0 unspecified atom stereocenters. The van der Waals surface area contributed by atoms with Crippen molar-refractivity contribution in [1.29, 1.82) is 0 Å². The van der Waals surface area contributed by atoms with Crippen LogP contribution >= 0.6 is 0 Å². The molecule has 0 aliphatic heterocycles. The summed E-state index contributed by atoms with van der Waals surface area (Å²) in [4.78, 5) is 0. The minimum Gasteiger partial charge on any atom is -0.497 e. The van der Waals surface area contributed by atoms with Crippen LogP contribution in [0.2, 0.25) is 0 Å². The maximum absolute atomic E-state index is 13.2. The van der Waals surface area contributed by atoms with Crippen molar-refractivity contribution >= 4 is 15.7 Å². The summed E-state index contributed by atoms with van der Waals surface area (Å²) < 4.78 is 42.6. The van der Waals surface area contributed by atoms with Crippen LogP contribution in [-0.2, 0) is 10.0 Å². The van der Waals surface area contributed by atoms with E-state index in [0.29, 0.717) is 5.75 Å². The highest BCUT2D eigenvalue weighted by Crippen LogP contribution is 2.21. The van der Waals surface area contributed by atoms with E-state index in [1.807, 2.05) is 4.72 Å². The Hall–Kier alpha value is -1.34. The molecule has 0 saturated carbocycles. The van der Waals surface area contributed by atoms with Crippen molar-refractivity contribution in [2.24, 2.45) is 0 Å². The summed E-state index contributed by atoms with van der Waals surface area (Å²) in [5.74, 6) is -0.852. The monoisotopic (exact) mass is 249 g/mol. The number of hydrogen-bond donors (Lipinski definition) is 2. The molecule has 0 aliphatic rings. The number of sulfonamides is 1. The first-order chi connectivity index (χ1) is 7.48. The average Bonchev–Trinajstić information content (AvgIpc) is 2.21. The predicted molar refractivity (Wildman–Crippen MR) is 57.4 cm³/mol. The van der Waals surface area contributed by atoms with E-state index in [9.17, 15) is 12.8 Å². The number of aliphatic hydroxyl groups is 1. The molecule has 1 aromatic carbocycles. The van der Waals surface area contributed by atoms with Gasteiger partial charge < -0.3 is 9.84 Å². The lowest BCUT2D eigenvalue weighted by Gasteiger charge is -2.09. The van der Waals surface area contributed by atoms with E-state index in [1.54, 1.807) is 0 Å². The molecule has 0 fully saturated rings. The molecular formula is C9H12FNO4S. The maximum Gasteiger partial charge on any atom is 0.235 e. The van der Waals surface area contributed by atoms with Gasteiger partial charge in [0.05, 0.1) is 25.2 Å². The fraction of sp³-hybridized carbons (Fsp3) is 0.333. The zero-order valence-electron chi connectivity index (χ0n) is 8.60. The molecule has 90 valence electrons. The number of benzene rings is 1. The Kier molecular flexibility index (Phi) is 4.08. The summed E-state index contributed by atoms with van der Waals surface area (Å²) >= 11 is 0. The van der Waals surface area contributed by atoms with E-state index in [1.165, 1.54) is 19.2 Å². The summed E-state index contributed by atoms with van der Waals surface area (Å²) in [7, 11) is -2.34. The topological polar surface area (TPSA) is 75.6 Å². The number of aliphatic hydroxyl groups excluding tert-OH is 1. The third-order valence-corrected chi connectivity index (χ3v) is 3.05. The molecule has 0 aliphatic carbocycles. The van der Waals surface area contributed by atoms with Crippen LogP contribution in [-0.4, -0.2) is 33.0 Å². The predicted octanol–water partition coefficient (Wildman–Crippen LogP) is 0.568. The maximum atomic E-state index is 13.2. The van der Waals surface area contributed by atoms with Gasteiger partial charge in [-0.1, -0.05) is 0 Å². The van der Waals surface area contributed by atoms with Crippen LogP contribution in [0, 0.1) is 5.82 Å². The second-order valence-electron chi connectivity index (χ2n) is 2.99. The van der Waals surface area contributed by atoms with Crippen LogP contribution in [0.5, 0.6) is 5.75 Å². The van der Waals surface area contributed by atoms with Crippen molar-refractivity contribution < 1.29 is 22.7 Å². The lowest BCUT2D eigenvalue weighted by atomic mass is 10.3. The van der Waals surface area contributed by atoms with E-state index in [4.69, 9.17) is 9.84 Å². The molecule has 0 bridgehead atoms. The second-order valence-corrected chi connectivity index (χ2v) is 4.83. The minimum absolute atomic E-state index is 0.201. The van der Waals surface area contributed by atoms with Crippen molar-refractivity contribution in [3.05, 3.63) is 24.0 Å². The Morgan fingerprint density at radius 2 is 2.19 bits per heavy atom. The van der Waals surface area contributed by atoms with Gasteiger partial charge in [0, 0.05) is 6.07 Å². The highest BCUT2D eigenvalue weighted by atomic mass is 32.2. The fourth-order valence-corrected chi connectivity index (χ4v) is 1.88. The van der Waals surface area contributed by atoms with Crippen LogP contribution in [0.25, 0.3) is 0 Å². The molecule has 1 aromatic rings. The van der Waals surface area contributed by atoms with Crippen molar-refractivity contribution in [1.82, 2.24) is 0 Å². The Labute approximate surface area is 92.9 Å². The third kappa shape index (κ3) is 3.35. The Bertz CT molecular complexity index is 461. The molecule has 2 N–H and O–H groups in total. The highest BCUT2D eigenvalue weighted by molar-refractivity contribution is 7.92. The molecule has 0 spiro atoms. The lowest BCUT2D eigenvalue weighted by Crippen LogP contribution is -2.19. The average molecular weight is 249 g/mol. The lowest BCUT2D eigenvalue weighted by molar-refractivity contribution is 0.320. The zero-order valence-corrected chi connectivity index (χ0v) is 9.42. The molecule has 0 aromatic heterocycles. The molecule has 16 heavy (non-hydrogen) atoms. The van der Waals surface area contributed by atoms with Gasteiger partial charge in [0.25, 0.3) is 0 Å². The third-order valence-electron chi connectivity index (χ3n) is 1.80. The zero-order chi connectivity index (χ0) is 12.2. The van der Waals surface area contributed by atoms with Gasteiger partial charge in [-0.05, 0) is 12.1 Å². The number of halogens is 1. The first kappa shape index (κ1) is 12.7. The standard InChI is InChI=1S/C9H12FNO4S/c1-15-7-2-3-8(10)9(6-7)11-16(13,14)5-4-12/h2-3,6,11-12H,4-5H2,1H3. The quantitative estimate of drug-likeness (QED) is 0.800. The Morgan fingerprint density at radius 3 is 2.75 bits per heavy atom. The summed E-state index contributed by atoms with van der Waals surface area (Å²) in [6.07, 6.45) is 0. The fourth-order valence-electron chi connectivity index (χ4n) is 1.05. The van der Waals surface area contributed by atoms with Crippen molar-refractivity contribution in [3.63, 3.8) is 0 Å². The van der Waals surface area contributed by atoms with Crippen molar-refractivity contribution in [2.45, 2.75) is 0 Å². The molecule has 0 amide bonds. The van der Waals surface area contributed by atoms with Gasteiger partial charge in [0.1, 0.15) is 11.6 Å². The number of anilines is 1. The number of nitrogens with one attached hydrogen (secondary N) is 1. The van der Waals surface area contributed by atoms with E-state index in [0.717, 1.165) is 6.07 Å². The van der Waals surface area contributed by atoms with Gasteiger partial charge in [-0.15, -0.1) is 0 Å². The second kappa shape index (κ2) is 5.13. The number of hydrogen-bond acceptors (Lipinski definition) is 4. The van der Waals surface area contributed by atoms with Crippen molar-refractivity contribution in [3.8, 4) is 5.75 Å². The molecular weight excluding hydrogens is 237 g/mol. The molecule has 5 nitrogen and oxygen atoms in total. The number of ether oxygens (including phenoxy) is 1. The molecule has 7 heteroatoms. The molecule has 0 heterocycles. The normalized spacial score (nSPS) is 11.2. The van der Waals surface area contributed by atoms with E-state index in [-0.39, 0.29) is 5.69 Å². The van der Waals surface area contributed by atoms with Gasteiger partial charge in [0.2, 0.25) is 10.0 Å². The van der Waals surface area contributed by atoms with Gasteiger partial charge >= 0.3 is 0 Å². The van der Waals surface area contributed by atoms with E-state index in [2.05, 4.69) is 0 Å². The van der Waals surface area contributed by atoms with Crippen LogP contribution in [0.15, 0.2) is 18.2 Å². The van der Waals surface area contributed by atoms with Crippen molar-refractivity contribution in [2.75, 3.05) is 24.2 Å². The Balaban J connectivity index is 2.96.